The topological polar surface area (TPSA) is 140 Å². The SMILES string of the molecule is NC(=O)c1ccc(Cl)c(-c2cnc(N(C(=O)c3c(F)cccc3Cl)C(O)(O)O)c(N3CC4CC4C3)c2)c1. The third kappa shape index (κ3) is 4.74. The smallest absolute Gasteiger partial charge is 0.368 e. The zero-order valence-electron chi connectivity index (χ0n) is 19.1. The molecule has 12 heteroatoms. The number of halogens is 3. The summed E-state index contributed by atoms with van der Waals surface area (Å²) >= 11 is 12.4. The molecule has 2 heterocycles. The van der Waals surface area contributed by atoms with Crippen LogP contribution in [-0.2, 0) is 0 Å². The van der Waals surface area contributed by atoms with E-state index in [2.05, 4.69) is 4.98 Å². The van der Waals surface area contributed by atoms with Gasteiger partial charge in [0.15, 0.2) is 5.82 Å². The highest BCUT2D eigenvalue weighted by Crippen LogP contribution is 2.48. The van der Waals surface area contributed by atoms with Crippen molar-refractivity contribution in [2.75, 3.05) is 22.9 Å². The van der Waals surface area contributed by atoms with Gasteiger partial charge in [-0.25, -0.2) is 14.3 Å². The summed E-state index contributed by atoms with van der Waals surface area (Å²) < 4.78 is 14.6. The molecule has 0 radical (unpaired) electrons. The standard InChI is InChI=1S/C25H21Cl2FN4O5/c26-17-5-4-12(22(29)33)7-16(17)13-8-20(31-10-14-6-15(14)11-31)23(30-9-13)32(25(35,36)37)24(34)21-18(27)2-1-3-19(21)28/h1-5,7-9,14-15,35-37H,6,10-11H2,(H2,29,33). The number of rotatable bonds is 6. The summed E-state index contributed by atoms with van der Waals surface area (Å²) in [5, 5.41) is 30.7. The van der Waals surface area contributed by atoms with Crippen molar-refractivity contribution >= 4 is 46.5 Å². The summed E-state index contributed by atoms with van der Waals surface area (Å²) in [6.07, 6.45) is -1.43. The molecule has 9 nitrogen and oxygen atoms in total. The lowest BCUT2D eigenvalue weighted by Crippen LogP contribution is -2.53. The Morgan fingerprint density at radius 2 is 1.78 bits per heavy atom. The van der Waals surface area contributed by atoms with Crippen molar-refractivity contribution in [3.05, 3.63) is 75.7 Å². The number of nitrogens with two attached hydrogens (primary N) is 1. The second kappa shape index (κ2) is 9.23. The number of primary amides is 1. The lowest BCUT2D eigenvalue weighted by atomic mass is 10.0. The molecule has 1 saturated heterocycles. The summed E-state index contributed by atoms with van der Waals surface area (Å²) in [5.74, 6) is -2.51. The maximum atomic E-state index is 14.6. The Morgan fingerprint density at radius 3 is 2.41 bits per heavy atom. The molecule has 0 bridgehead atoms. The van der Waals surface area contributed by atoms with Crippen LogP contribution >= 0.6 is 23.2 Å². The number of aromatic nitrogens is 1. The quantitative estimate of drug-likeness (QED) is 0.348. The molecule has 2 aliphatic rings. The number of anilines is 2. The van der Waals surface area contributed by atoms with Crippen molar-refractivity contribution in [1.82, 2.24) is 4.98 Å². The molecule has 5 rings (SSSR count). The normalized spacial score (nSPS) is 18.5. The monoisotopic (exact) mass is 546 g/mol. The Balaban J connectivity index is 1.67. The van der Waals surface area contributed by atoms with Gasteiger partial charge in [-0.2, -0.15) is 0 Å². The van der Waals surface area contributed by atoms with E-state index in [0.29, 0.717) is 41.1 Å². The zero-order valence-corrected chi connectivity index (χ0v) is 20.6. The summed E-state index contributed by atoms with van der Waals surface area (Å²) in [7, 11) is 0. The van der Waals surface area contributed by atoms with Crippen molar-refractivity contribution in [3.63, 3.8) is 0 Å². The molecular formula is C25H21Cl2FN4O5. The molecule has 2 fully saturated rings. The Kier molecular flexibility index (Phi) is 6.33. The van der Waals surface area contributed by atoms with Gasteiger partial charge in [0.25, 0.3) is 5.91 Å². The van der Waals surface area contributed by atoms with Crippen molar-refractivity contribution in [1.29, 1.82) is 0 Å². The predicted molar refractivity (Wildman–Crippen MR) is 135 cm³/mol. The van der Waals surface area contributed by atoms with Gasteiger partial charge in [0, 0.05) is 41.0 Å². The second-order valence-corrected chi connectivity index (χ2v) is 9.94. The second-order valence-electron chi connectivity index (χ2n) is 9.12. The van der Waals surface area contributed by atoms with Crippen LogP contribution in [0.2, 0.25) is 10.0 Å². The Bertz CT molecular complexity index is 1400. The number of nitrogens with zero attached hydrogens (tertiary/aromatic N) is 3. The maximum Gasteiger partial charge on any atom is 0.377 e. The predicted octanol–water partition coefficient (Wildman–Crippen LogP) is 2.98. The van der Waals surface area contributed by atoms with Crippen LogP contribution in [0.5, 0.6) is 0 Å². The van der Waals surface area contributed by atoms with E-state index in [-0.39, 0.29) is 27.0 Å². The fraction of sp³-hybridized carbons (Fsp3) is 0.240. The van der Waals surface area contributed by atoms with Gasteiger partial charge in [-0.1, -0.05) is 29.3 Å². The van der Waals surface area contributed by atoms with Crippen molar-refractivity contribution < 1.29 is 29.3 Å². The van der Waals surface area contributed by atoms with Crippen LogP contribution in [0.1, 0.15) is 27.1 Å². The number of hydrogen-bond acceptors (Lipinski definition) is 7. The summed E-state index contributed by atoms with van der Waals surface area (Å²) in [6, 6.07) is 9.57. The van der Waals surface area contributed by atoms with E-state index in [9.17, 15) is 29.3 Å². The molecular weight excluding hydrogens is 526 g/mol. The van der Waals surface area contributed by atoms with Gasteiger partial charge < -0.3 is 26.0 Å². The van der Waals surface area contributed by atoms with E-state index in [4.69, 9.17) is 28.9 Å². The number of carbonyl (C=O) groups is 2. The molecule has 2 amide bonds. The molecule has 3 aromatic rings. The fourth-order valence-corrected chi connectivity index (χ4v) is 5.15. The van der Waals surface area contributed by atoms with E-state index in [1.807, 2.05) is 4.90 Å². The van der Waals surface area contributed by atoms with Crippen molar-refractivity contribution in [2.24, 2.45) is 17.6 Å². The third-order valence-corrected chi connectivity index (χ3v) is 7.26. The Morgan fingerprint density at radius 1 is 1.08 bits per heavy atom. The third-order valence-electron chi connectivity index (χ3n) is 6.62. The van der Waals surface area contributed by atoms with Gasteiger partial charge in [-0.05, 0) is 54.7 Å². The van der Waals surface area contributed by atoms with Gasteiger partial charge in [-0.3, -0.25) is 9.59 Å². The van der Waals surface area contributed by atoms with Crippen molar-refractivity contribution in [3.8, 4) is 11.1 Å². The lowest BCUT2D eigenvalue weighted by Gasteiger charge is -2.33. The average Bonchev–Trinajstić information content (AvgIpc) is 3.43. The van der Waals surface area contributed by atoms with E-state index in [1.54, 1.807) is 6.07 Å². The van der Waals surface area contributed by atoms with Gasteiger partial charge >= 0.3 is 6.10 Å². The van der Waals surface area contributed by atoms with Gasteiger partial charge in [0.1, 0.15) is 5.82 Å². The number of carbonyl (C=O) groups excluding carboxylic acids is 2. The number of pyridine rings is 1. The molecule has 2 aromatic carbocycles. The zero-order chi connectivity index (χ0) is 26.6. The molecule has 0 spiro atoms. The maximum absolute atomic E-state index is 14.6. The fourth-order valence-electron chi connectivity index (χ4n) is 4.68. The molecule has 2 atom stereocenters. The first-order valence-electron chi connectivity index (χ1n) is 11.3. The molecule has 1 aliphatic carbocycles. The highest BCUT2D eigenvalue weighted by molar-refractivity contribution is 6.35. The summed E-state index contributed by atoms with van der Waals surface area (Å²) in [5.41, 5.74) is 6.05. The van der Waals surface area contributed by atoms with Crippen LogP contribution in [0.25, 0.3) is 11.1 Å². The molecule has 1 aromatic heterocycles. The van der Waals surface area contributed by atoms with Crippen LogP contribution in [0.15, 0.2) is 48.7 Å². The summed E-state index contributed by atoms with van der Waals surface area (Å²) in [6.45, 7) is 1.19. The molecule has 5 N–H and O–H groups in total. The minimum absolute atomic E-state index is 0.168. The van der Waals surface area contributed by atoms with Gasteiger partial charge in [0.2, 0.25) is 5.91 Å². The minimum Gasteiger partial charge on any atom is -0.368 e. The van der Waals surface area contributed by atoms with Gasteiger partial charge in [0.05, 0.1) is 16.3 Å². The van der Waals surface area contributed by atoms with E-state index in [0.717, 1.165) is 12.5 Å². The Labute approximate surface area is 220 Å². The van der Waals surface area contributed by atoms with Gasteiger partial charge in [-0.15, -0.1) is 0 Å². The largest absolute Gasteiger partial charge is 0.377 e. The molecule has 1 saturated carbocycles. The van der Waals surface area contributed by atoms with E-state index < -0.39 is 29.3 Å². The number of piperidine rings is 1. The first-order chi connectivity index (χ1) is 17.5. The highest BCUT2D eigenvalue weighted by atomic mass is 35.5. The first-order valence-corrected chi connectivity index (χ1v) is 12.0. The van der Waals surface area contributed by atoms with Crippen LogP contribution in [0.3, 0.4) is 0 Å². The number of benzene rings is 2. The highest BCUT2D eigenvalue weighted by Gasteiger charge is 2.47. The minimum atomic E-state index is -3.75. The molecule has 1 aliphatic heterocycles. The Hall–Kier alpha value is -3.28. The number of fused-ring (bicyclic) bond motifs is 1. The molecule has 2 unspecified atom stereocenters. The van der Waals surface area contributed by atoms with Crippen LogP contribution in [0, 0.1) is 17.7 Å². The number of amides is 2. The van der Waals surface area contributed by atoms with Crippen molar-refractivity contribution in [2.45, 2.75) is 12.5 Å². The van der Waals surface area contributed by atoms with E-state index in [1.165, 1.54) is 36.5 Å². The number of hydrogen-bond donors (Lipinski definition) is 4. The number of aliphatic hydroxyl groups is 3. The summed E-state index contributed by atoms with van der Waals surface area (Å²) in [4.78, 5) is 31.4. The van der Waals surface area contributed by atoms with E-state index >= 15 is 0 Å². The molecule has 37 heavy (non-hydrogen) atoms. The lowest BCUT2D eigenvalue weighted by molar-refractivity contribution is -0.304. The average molecular weight is 547 g/mol. The molecule has 192 valence electrons. The van der Waals surface area contributed by atoms with Crippen LogP contribution < -0.4 is 15.5 Å². The van der Waals surface area contributed by atoms with Crippen LogP contribution in [0.4, 0.5) is 15.9 Å². The van der Waals surface area contributed by atoms with Crippen LogP contribution in [-0.4, -0.2) is 51.3 Å². The first kappa shape index (κ1) is 25.4.